The van der Waals surface area contributed by atoms with Gasteiger partial charge in [0.1, 0.15) is 11.3 Å². The second kappa shape index (κ2) is 7.83. The Morgan fingerprint density at radius 3 is 2.63 bits per heavy atom. The number of hydrogen-bond acceptors (Lipinski definition) is 7. The lowest BCUT2D eigenvalue weighted by Crippen LogP contribution is -2.39. The van der Waals surface area contributed by atoms with Crippen LogP contribution in [-0.2, 0) is 10.3 Å². The van der Waals surface area contributed by atoms with Gasteiger partial charge in [0.05, 0.1) is 12.3 Å². The average Bonchev–Trinajstić information content (AvgIpc) is 2.85. The summed E-state index contributed by atoms with van der Waals surface area (Å²) < 4.78 is 41.3. The molecule has 5 heterocycles. The standard InChI is InChI=1S/C26H19F2N5O2/c1-14-11-16(6-9-30-14)20-13-19-22(24(28)32-20)35-21-5-4-15(17-3-2-8-31-23(17)27)12-18(21)26(19)7-10-34-25(29)33-26/h2-6,8-9,11-13H,7,10H2,1H3,(H2,29,33)/t26-/m0/s1. The molecule has 35 heavy (non-hydrogen) atoms. The lowest BCUT2D eigenvalue weighted by Gasteiger charge is -2.39. The lowest BCUT2D eigenvalue weighted by atomic mass is 9.77. The summed E-state index contributed by atoms with van der Waals surface area (Å²) in [5.74, 6) is -0.998. The fourth-order valence-electron chi connectivity index (χ4n) is 4.69. The first-order chi connectivity index (χ1) is 16.9. The molecule has 0 saturated heterocycles. The number of pyridine rings is 3. The van der Waals surface area contributed by atoms with Crippen molar-refractivity contribution in [3.63, 3.8) is 0 Å². The minimum Gasteiger partial charge on any atom is -0.465 e. The van der Waals surface area contributed by atoms with E-state index in [0.717, 1.165) is 5.69 Å². The van der Waals surface area contributed by atoms with Crippen LogP contribution in [0.15, 0.2) is 65.9 Å². The van der Waals surface area contributed by atoms with Crippen LogP contribution >= 0.6 is 0 Å². The van der Waals surface area contributed by atoms with E-state index in [0.29, 0.717) is 45.7 Å². The van der Waals surface area contributed by atoms with Crippen LogP contribution in [0.3, 0.4) is 0 Å². The van der Waals surface area contributed by atoms with Gasteiger partial charge in [0, 0.05) is 46.8 Å². The minimum absolute atomic E-state index is 0.0217. The van der Waals surface area contributed by atoms with E-state index in [1.165, 1.54) is 6.20 Å². The van der Waals surface area contributed by atoms with Gasteiger partial charge in [0.25, 0.3) is 12.0 Å². The van der Waals surface area contributed by atoms with Gasteiger partial charge in [-0.05, 0) is 55.0 Å². The lowest BCUT2D eigenvalue weighted by molar-refractivity contribution is 0.217. The predicted octanol–water partition coefficient (Wildman–Crippen LogP) is 4.88. The fourth-order valence-corrected chi connectivity index (χ4v) is 4.69. The zero-order valence-corrected chi connectivity index (χ0v) is 18.6. The molecule has 6 rings (SSSR count). The number of nitrogens with zero attached hydrogens (tertiary/aromatic N) is 4. The molecule has 0 saturated carbocycles. The molecule has 0 unspecified atom stereocenters. The maximum Gasteiger partial charge on any atom is 0.283 e. The number of halogens is 2. The van der Waals surface area contributed by atoms with Gasteiger partial charge in [0.2, 0.25) is 5.95 Å². The van der Waals surface area contributed by atoms with Crippen LogP contribution in [0.25, 0.3) is 22.4 Å². The van der Waals surface area contributed by atoms with Crippen LogP contribution in [0.4, 0.5) is 8.78 Å². The molecule has 2 aliphatic rings. The van der Waals surface area contributed by atoms with Gasteiger partial charge in [-0.3, -0.25) is 4.98 Å². The molecule has 0 fully saturated rings. The number of amidine groups is 1. The van der Waals surface area contributed by atoms with Crippen molar-refractivity contribution in [1.29, 1.82) is 0 Å². The van der Waals surface area contributed by atoms with E-state index in [4.69, 9.17) is 15.2 Å². The molecule has 2 N–H and O–H groups in total. The first kappa shape index (κ1) is 21.2. The van der Waals surface area contributed by atoms with Gasteiger partial charge in [-0.25, -0.2) is 15.0 Å². The number of aryl methyl sites for hydroxylation is 1. The van der Waals surface area contributed by atoms with E-state index in [1.54, 1.807) is 48.7 Å². The molecule has 0 aliphatic carbocycles. The summed E-state index contributed by atoms with van der Waals surface area (Å²) in [6.07, 6.45) is 3.40. The summed E-state index contributed by atoms with van der Waals surface area (Å²) in [7, 11) is 0. The van der Waals surface area contributed by atoms with Crippen molar-refractivity contribution in [2.24, 2.45) is 10.7 Å². The number of ether oxygens (including phenoxy) is 2. The summed E-state index contributed by atoms with van der Waals surface area (Å²) in [5.41, 5.74) is 8.82. The van der Waals surface area contributed by atoms with Gasteiger partial charge < -0.3 is 15.2 Å². The van der Waals surface area contributed by atoms with Gasteiger partial charge in [0.15, 0.2) is 5.75 Å². The SMILES string of the molecule is Cc1cc(-c2cc3c(c(F)n2)Oc2ccc(-c4cccnc4F)cc2[C@@]32CCOC(N)=N2)ccn1. The number of fused-ring (bicyclic) bond motifs is 4. The summed E-state index contributed by atoms with van der Waals surface area (Å²) in [6.45, 7) is 2.11. The van der Waals surface area contributed by atoms with E-state index in [-0.39, 0.29) is 18.4 Å². The molecule has 9 heteroatoms. The predicted molar refractivity (Wildman–Crippen MR) is 125 cm³/mol. The molecule has 174 valence electrons. The monoisotopic (exact) mass is 471 g/mol. The Morgan fingerprint density at radius 1 is 0.943 bits per heavy atom. The van der Waals surface area contributed by atoms with Gasteiger partial charge in [-0.15, -0.1) is 0 Å². The highest BCUT2D eigenvalue weighted by Crippen LogP contribution is 2.53. The molecule has 4 aromatic rings. The van der Waals surface area contributed by atoms with E-state index in [1.807, 2.05) is 13.0 Å². The molecule has 3 aromatic heterocycles. The third-order valence-corrected chi connectivity index (χ3v) is 6.29. The number of hydrogen-bond donors (Lipinski definition) is 1. The van der Waals surface area contributed by atoms with E-state index in [2.05, 4.69) is 19.9 Å². The summed E-state index contributed by atoms with van der Waals surface area (Å²) in [4.78, 5) is 16.8. The van der Waals surface area contributed by atoms with Crippen molar-refractivity contribution in [3.8, 4) is 33.9 Å². The zero-order chi connectivity index (χ0) is 24.2. The second-order valence-electron chi connectivity index (χ2n) is 8.42. The number of aromatic nitrogens is 3. The van der Waals surface area contributed by atoms with E-state index < -0.39 is 17.4 Å². The Kier molecular flexibility index (Phi) is 4.73. The van der Waals surface area contributed by atoms with Crippen LogP contribution < -0.4 is 10.5 Å². The fraction of sp³-hybridized carbons (Fsp3) is 0.154. The van der Waals surface area contributed by atoms with Crippen molar-refractivity contribution in [1.82, 2.24) is 15.0 Å². The van der Waals surface area contributed by atoms with Crippen LogP contribution in [0.1, 0.15) is 23.2 Å². The van der Waals surface area contributed by atoms with Crippen LogP contribution in [0.5, 0.6) is 11.5 Å². The average molecular weight is 471 g/mol. The maximum absolute atomic E-state index is 15.4. The molecule has 1 aromatic carbocycles. The first-order valence-electron chi connectivity index (χ1n) is 11.0. The van der Waals surface area contributed by atoms with Gasteiger partial charge >= 0.3 is 0 Å². The van der Waals surface area contributed by atoms with Gasteiger partial charge in [-0.1, -0.05) is 6.07 Å². The number of benzene rings is 1. The van der Waals surface area contributed by atoms with Crippen molar-refractivity contribution in [3.05, 3.63) is 89.6 Å². The van der Waals surface area contributed by atoms with Crippen LogP contribution in [-0.4, -0.2) is 27.6 Å². The number of nitrogens with two attached hydrogens (primary N) is 1. The highest BCUT2D eigenvalue weighted by molar-refractivity contribution is 5.77. The normalized spacial score (nSPS) is 18.2. The Balaban J connectivity index is 1.61. The van der Waals surface area contributed by atoms with Crippen molar-refractivity contribution in [2.75, 3.05) is 6.61 Å². The Morgan fingerprint density at radius 2 is 1.83 bits per heavy atom. The van der Waals surface area contributed by atoms with Crippen LogP contribution in [0.2, 0.25) is 0 Å². The molecule has 0 bridgehead atoms. The molecule has 1 spiro atoms. The largest absolute Gasteiger partial charge is 0.465 e. The van der Waals surface area contributed by atoms with Gasteiger partial charge in [-0.2, -0.15) is 8.78 Å². The van der Waals surface area contributed by atoms with E-state index >= 15 is 4.39 Å². The summed E-state index contributed by atoms with van der Waals surface area (Å²) >= 11 is 0. The molecule has 0 radical (unpaired) electrons. The second-order valence-corrected chi connectivity index (χ2v) is 8.42. The highest BCUT2D eigenvalue weighted by Gasteiger charge is 2.46. The number of rotatable bonds is 2. The van der Waals surface area contributed by atoms with E-state index in [9.17, 15) is 4.39 Å². The molecule has 7 nitrogen and oxygen atoms in total. The zero-order valence-electron chi connectivity index (χ0n) is 18.6. The van der Waals surface area contributed by atoms with Crippen molar-refractivity contribution in [2.45, 2.75) is 18.9 Å². The highest BCUT2D eigenvalue weighted by atomic mass is 19.1. The Hall–Kier alpha value is -4.40. The third kappa shape index (κ3) is 3.39. The Labute approximate surface area is 199 Å². The summed E-state index contributed by atoms with van der Waals surface area (Å²) in [5, 5.41) is 0. The maximum atomic E-state index is 15.4. The van der Waals surface area contributed by atoms with Crippen molar-refractivity contribution >= 4 is 6.02 Å². The van der Waals surface area contributed by atoms with Crippen molar-refractivity contribution < 1.29 is 18.3 Å². The molecular weight excluding hydrogens is 452 g/mol. The van der Waals surface area contributed by atoms with Crippen LogP contribution in [0, 0.1) is 18.8 Å². The molecule has 0 amide bonds. The topological polar surface area (TPSA) is 95.5 Å². The smallest absolute Gasteiger partial charge is 0.283 e. The summed E-state index contributed by atoms with van der Waals surface area (Å²) in [6, 6.07) is 13.8. The number of aliphatic imine (C=N–C) groups is 1. The quantitative estimate of drug-likeness (QED) is 0.419. The third-order valence-electron chi connectivity index (χ3n) is 6.29. The molecule has 1 atom stereocenters. The molecule has 2 aliphatic heterocycles. The molecular formula is C26H19F2N5O2. The minimum atomic E-state index is -1.11. The first-order valence-corrected chi connectivity index (χ1v) is 11.0. The Bertz CT molecular complexity index is 1520.